The summed E-state index contributed by atoms with van der Waals surface area (Å²) in [4.78, 5) is 23.7. The fraction of sp³-hybridized carbons (Fsp3) is 0.882. The van der Waals surface area contributed by atoms with Crippen molar-refractivity contribution in [3.05, 3.63) is 0 Å². The molecular formula is C17H20F6O4. The number of ether oxygens (including phenoxy) is 1. The van der Waals surface area contributed by atoms with E-state index in [0.29, 0.717) is 6.42 Å². The van der Waals surface area contributed by atoms with Crippen LogP contribution in [0.25, 0.3) is 0 Å². The standard InChI is InChI=1S/C17H20F6O4/c1-6-8-3-9(5-15(26,16(18,19)20)17(21,22)23)10(4-8)11(6)12-7(2)13(24)27-14(12)25/h6-12,26H,3-5H2,1-2H3. The molecule has 4 nitrogen and oxygen atoms in total. The Balaban J connectivity index is 1.88. The number of carbonyl (C=O) groups excluding carboxylic acids is 2. The second-order valence-corrected chi connectivity index (χ2v) is 8.21. The minimum Gasteiger partial charge on any atom is -0.393 e. The van der Waals surface area contributed by atoms with Crippen molar-refractivity contribution < 1.29 is 45.8 Å². The summed E-state index contributed by atoms with van der Waals surface area (Å²) in [5.74, 6) is -5.59. The maximum atomic E-state index is 13.1. The number of hydrogen-bond acceptors (Lipinski definition) is 4. The van der Waals surface area contributed by atoms with Gasteiger partial charge in [-0.3, -0.25) is 9.59 Å². The Morgan fingerprint density at radius 2 is 1.56 bits per heavy atom. The highest BCUT2D eigenvalue weighted by atomic mass is 19.4. The van der Waals surface area contributed by atoms with Crippen LogP contribution in [0.5, 0.6) is 0 Å². The number of cyclic esters (lactones) is 2. The molecule has 1 N–H and O–H groups in total. The van der Waals surface area contributed by atoms with E-state index in [-0.39, 0.29) is 18.3 Å². The first kappa shape index (κ1) is 20.4. The van der Waals surface area contributed by atoms with Gasteiger partial charge in [-0.2, -0.15) is 26.3 Å². The van der Waals surface area contributed by atoms with Crippen LogP contribution >= 0.6 is 0 Å². The SMILES string of the molecule is CC1C(=O)OC(=O)C1C1C(C)C2CC(CC(O)(C(F)(F)F)C(F)(F)F)C1C2. The third-order valence-corrected chi connectivity index (χ3v) is 6.92. The molecule has 0 amide bonds. The highest BCUT2D eigenvalue weighted by molar-refractivity contribution is 5.96. The molecule has 2 bridgehead atoms. The smallest absolute Gasteiger partial charge is 0.393 e. The maximum absolute atomic E-state index is 13.1. The normalized spacial score (nSPS) is 40.0. The largest absolute Gasteiger partial charge is 0.426 e. The molecule has 0 aromatic rings. The Labute approximate surface area is 151 Å². The second kappa shape index (κ2) is 6.09. The zero-order valence-electron chi connectivity index (χ0n) is 14.6. The average Bonchev–Trinajstić information content (AvgIpc) is 3.11. The van der Waals surface area contributed by atoms with Crippen LogP contribution in [0.3, 0.4) is 0 Å². The van der Waals surface area contributed by atoms with Crippen LogP contribution in [0.4, 0.5) is 26.3 Å². The van der Waals surface area contributed by atoms with Crippen molar-refractivity contribution in [3.8, 4) is 0 Å². The number of rotatable bonds is 3. The van der Waals surface area contributed by atoms with Crippen molar-refractivity contribution in [2.75, 3.05) is 0 Å². The molecule has 0 aromatic heterocycles. The molecule has 10 heteroatoms. The third kappa shape index (κ3) is 2.94. The Kier molecular flexibility index (Phi) is 4.60. The van der Waals surface area contributed by atoms with E-state index in [0.717, 1.165) is 0 Å². The van der Waals surface area contributed by atoms with Crippen LogP contribution in [-0.2, 0) is 14.3 Å². The lowest BCUT2D eigenvalue weighted by Gasteiger charge is -2.41. The summed E-state index contributed by atoms with van der Waals surface area (Å²) < 4.78 is 83.0. The van der Waals surface area contributed by atoms with Gasteiger partial charge in [0.15, 0.2) is 0 Å². The summed E-state index contributed by atoms with van der Waals surface area (Å²) in [5, 5.41) is 9.54. The number of halogens is 6. The molecule has 154 valence electrons. The lowest BCUT2D eigenvalue weighted by molar-refractivity contribution is -0.373. The highest BCUT2D eigenvalue weighted by Crippen LogP contribution is 2.62. The number of alkyl halides is 6. The minimum absolute atomic E-state index is 0.123. The summed E-state index contributed by atoms with van der Waals surface area (Å²) in [7, 11) is 0. The number of hydrogen-bond donors (Lipinski definition) is 1. The molecular weight excluding hydrogens is 382 g/mol. The lowest BCUT2D eigenvalue weighted by Crippen LogP contribution is -2.58. The van der Waals surface area contributed by atoms with Gasteiger partial charge in [0, 0.05) is 0 Å². The third-order valence-electron chi connectivity index (χ3n) is 6.92. The van der Waals surface area contributed by atoms with Gasteiger partial charge in [-0.05, 0) is 48.9 Å². The predicted molar refractivity (Wildman–Crippen MR) is 77.8 cm³/mol. The van der Waals surface area contributed by atoms with Gasteiger partial charge < -0.3 is 9.84 Å². The molecule has 1 aliphatic heterocycles. The van der Waals surface area contributed by atoms with Crippen LogP contribution < -0.4 is 0 Å². The molecule has 7 atom stereocenters. The van der Waals surface area contributed by atoms with Crippen molar-refractivity contribution in [1.82, 2.24) is 0 Å². The van der Waals surface area contributed by atoms with Crippen LogP contribution in [0, 0.1) is 41.4 Å². The quantitative estimate of drug-likeness (QED) is 0.446. The Bertz CT molecular complexity index is 628. The van der Waals surface area contributed by atoms with Gasteiger partial charge in [-0.25, -0.2) is 0 Å². The van der Waals surface area contributed by atoms with Crippen LogP contribution in [0.15, 0.2) is 0 Å². The fourth-order valence-electron chi connectivity index (χ4n) is 5.51. The van der Waals surface area contributed by atoms with Crippen LogP contribution in [-0.4, -0.2) is 35.0 Å². The summed E-state index contributed by atoms with van der Waals surface area (Å²) >= 11 is 0. The maximum Gasteiger partial charge on any atom is 0.426 e. The molecule has 27 heavy (non-hydrogen) atoms. The van der Waals surface area contributed by atoms with Crippen molar-refractivity contribution in [2.45, 2.75) is 51.1 Å². The first-order valence-corrected chi connectivity index (χ1v) is 8.80. The number of fused-ring (bicyclic) bond motifs is 2. The van der Waals surface area contributed by atoms with E-state index >= 15 is 0 Å². The topological polar surface area (TPSA) is 63.6 Å². The molecule has 0 aromatic carbocycles. The molecule has 3 fully saturated rings. The fourth-order valence-corrected chi connectivity index (χ4v) is 5.51. The van der Waals surface area contributed by atoms with Crippen molar-refractivity contribution in [3.63, 3.8) is 0 Å². The number of esters is 2. The molecule has 0 spiro atoms. The van der Waals surface area contributed by atoms with E-state index in [4.69, 9.17) is 0 Å². The van der Waals surface area contributed by atoms with E-state index in [1.165, 1.54) is 6.92 Å². The molecule has 1 saturated heterocycles. The first-order chi connectivity index (χ1) is 12.2. The molecule has 0 radical (unpaired) electrons. The number of carbonyl (C=O) groups is 2. The Hall–Kier alpha value is -1.32. The van der Waals surface area contributed by atoms with E-state index in [1.807, 2.05) is 0 Å². The van der Waals surface area contributed by atoms with Gasteiger partial charge in [-0.1, -0.05) is 13.8 Å². The van der Waals surface area contributed by atoms with Crippen LogP contribution in [0.2, 0.25) is 0 Å². The van der Waals surface area contributed by atoms with Crippen LogP contribution in [0.1, 0.15) is 33.1 Å². The predicted octanol–water partition coefficient (Wildman–Crippen LogP) is 3.48. The molecule has 2 saturated carbocycles. The summed E-state index contributed by atoms with van der Waals surface area (Å²) in [5.41, 5.74) is -4.79. The molecule has 7 unspecified atom stereocenters. The summed E-state index contributed by atoms with van der Waals surface area (Å²) in [6.45, 7) is 3.28. The van der Waals surface area contributed by atoms with Gasteiger partial charge in [0.1, 0.15) is 0 Å². The van der Waals surface area contributed by atoms with E-state index in [1.54, 1.807) is 6.92 Å². The van der Waals surface area contributed by atoms with Gasteiger partial charge in [-0.15, -0.1) is 0 Å². The van der Waals surface area contributed by atoms with E-state index in [2.05, 4.69) is 4.74 Å². The van der Waals surface area contributed by atoms with Crippen molar-refractivity contribution in [2.24, 2.45) is 41.4 Å². The number of aliphatic hydroxyl groups is 1. The molecule has 3 aliphatic rings. The van der Waals surface area contributed by atoms with Gasteiger partial charge in [0.05, 0.1) is 11.8 Å². The van der Waals surface area contributed by atoms with Crippen molar-refractivity contribution >= 4 is 11.9 Å². The van der Waals surface area contributed by atoms with Crippen molar-refractivity contribution in [1.29, 1.82) is 0 Å². The zero-order valence-corrected chi connectivity index (χ0v) is 14.6. The summed E-state index contributed by atoms with van der Waals surface area (Å²) in [6, 6.07) is 0. The molecule has 3 rings (SSSR count). The van der Waals surface area contributed by atoms with E-state index in [9.17, 15) is 41.0 Å². The second-order valence-electron chi connectivity index (χ2n) is 8.21. The lowest BCUT2D eigenvalue weighted by atomic mass is 9.64. The van der Waals surface area contributed by atoms with Gasteiger partial charge in [0.25, 0.3) is 5.60 Å². The zero-order chi connectivity index (χ0) is 20.5. The average molecular weight is 402 g/mol. The minimum atomic E-state index is -5.86. The first-order valence-electron chi connectivity index (χ1n) is 8.80. The van der Waals surface area contributed by atoms with Gasteiger partial charge in [0.2, 0.25) is 0 Å². The van der Waals surface area contributed by atoms with E-state index < -0.39 is 65.9 Å². The molecule has 2 aliphatic carbocycles. The monoisotopic (exact) mass is 402 g/mol. The summed E-state index contributed by atoms with van der Waals surface area (Å²) in [6.07, 6.45) is -12.7. The Morgan fingerprint density at radius 3 is 1.96 bits per heavy atom. The molecule has 1 heterocycles. The highest BCUT2D eigenvalue weighted by Gasteiger charge is 2.72. The van der Waals surface area contributed by atoms with Gasteiger partial charge >= 0.3 is 24.3 Å². The Morgan fingerprint density at radius 1 is 1.00 bits per heavy atom.